The SMILES string of the molecule is Cc1cc(Cn2cc(/C=C3\C(=O)CC(=O)NC3=O)c3ccccc32)c(O)c(-n2nc3ccccc3n2)c1. The van der Waals surface area contributed by atoms with Gasteiger partial charge < -0.3 is 9.67 Å². The molecule has 5 aromatic rings. The van der Waals surface area contributed by atoms with Gasteiger partial charge in [0, 0.05) is 28.2 Å². The number of amides is 2. The lowest BCUT2D eigenvalue weighted by Crippen LogP contribution is -2.40. The van der Waals surface area contributed by atoms with E-state index in [2.05, 4.69) is 15.5 Å². The summed E-state index contributed by atoms with van der Waals surface area (Å²) in [5.74, 6) is -1.74. The zero-order chi connectivity index (χ0) is 25.7. The predicted molar refractivity (Wildman–Crippen MR) is 137 cm³/mol. The van der Waals surface area contributed by atoms with Crippen molar-refractivity contribution in [1.29, 1.82) is 0 Å². The molecule has 1 aliphatic heterocycles. The maximum absolute atomic E-state index is 12.4. The summed E-state index contributed by atoms with van der Waals surface area (Å²) in [6.45, 7) is 2.26. The largest absolute Gasteiger partial charge is 0.505 e. The number of rotatable bonds is 4. The van der Waals surface area contributed by atoms with E-state index in [9.17, 15) is 19.5 Å². The van der Waals surface area contributed by atoms with Crippen molar-refractivity contribution in [3.05, 3.63) is 89.1 Å². The molecule has 1 fully saturated rings. The van der Waals surface area contributed by atoms with Gasteiger partial charge in [-0.25, -0.2) is 0 Å². The van der Waals surface area contributed by atoms with Crippen molar-refractivity contribution in [2.75, 3.05) is 0 Å². The van der Waals surface area contributed by atoms with Gasteiger partial charge in [0.05, 0.1) is 18.5 Å². The van der Waals surface area contributed by atoms with Crippen LogP contribution in [0.2, 0.25) is 0 Å². The van der Waals surface area contributed by atoms with E-state index in [1.807, 2.05) is 78.4 Å². The first-order valence-corrected chi connectivity index (χ1v) is 11.7. The second kappa shape index (κ2) is 8.56. The van der Waals surface area contributed by atoms with Crippen LogP contribution in [0.4, 0.5) is 0 Å². The van der Waals surface area contributed by atoms with E-state index in [0.717, 1.165) is 27.5 Å². The molecule has 2 N–H and O–H groups in total. The summed E-state index contributed by atoms with van der Waals surface area (Å²) in [7, 11) is 0. The van der Waals surface area contributed by atoms with Crippen molar-refractivity contribution in [3.8, 4) is 11.4 Å². The molecule has 6 rings (SSSR count). The lowest BCUT2D eigenvalue weighted by molar-refractivity contribution is -0.134. The Morgan fingerprint density at radius 2 is 1.70 bits per heavy atom. The Labute approximate surface area is 210 Å². The third kappa shape index (κ3) is 3.96. The predicted octanol–water partition coefficient (Wildman–Crippen LogP) is 3.44. The topological polar surface area (TPSA) is 119 Å². The molecular weight excluding hydrogens is 470 g/mol. The normalized spacial score (nSPS) is 15.2. The maximum Gasteiger partial charge on any atom is 0.261 e. The van der Waals surface area contributed by atoms with Gasteiger partial charge in [0.25, 0.3) is 5.91 Å². The number of imide groups is 1. The molecule has 2 amide bonds. The van der Waals surface area contributed by atoms with Gasteiger partial charge >= 0.3 is 0 Å². The molecule has 2 aromatic heterocycles. The smallest absolute Gasteiger partial charge is 0.261 e. The molecule has 1 saturated heterocycles. The van der Waals surface area contributed by atoms with E-state index in [4.69, 9.17) is 0 Å². The Hall–Kier alpha value is -5.05. The molecule has 9 heteroatoms. The van der Waals surface area contributed by atoms with Gasteiger partial charge in [0.2, 0.25) is 5.91 Å². The van der Waals surface area contributed by atoms with Crippen LogP contribution in [0.15, 0.2) is 72.4 Å². The molecule has 9 nitrogen and oxygen atoms in total. The number of nitrogens with zero attached hydrogens (tertiary/aromatic N) is 4. The van der Waals surface area contributed by atoms with E-state index < -0.39 is 17.6 Å². The van der Waals surface area contributed by atoms with Gasteiger partial charge in [0.15, 0.2) is 5.78 Å². The van der Waals surface area contributed by atoms with Crippen molar-refractivity contribution >= 4 is 45.6 Å². The number of para-hydroxylation sites is 1. The number of hydrogen-bond acceptors (Lipinski definition) is 6. The number of fused-ring (bicyclic) bond motifs is 2. The summed E-state index contributed by atoms with van der Waals surface area (Å²) in [5.41, 5.74) is 4.98. The lowest BCUT2D eigenvalue weighted by Gasteiger charge is -2.12. The van der Waals surface area contributed by atoms with Gasteiger partial charge in [-0.2, -0.15) is 0 Å². The van der Waals surface area contributed by atoms with Crippen LogP contribution < -0.4 is 5.32 Å². The Morgan fingerprint density at radius 3 is 2.43 bits per heavy atom. The van der Waals surface area contributed by atoms with E-state index >= 15 is 0 Å². The molecule has 0 bridgehead atoms. The number of aryl methyl sites for hydroxylation is 1. The molecule has 3 heterocycles. The van der Waals surface area contributed by atoms with Crippen LogP contribution in [0.3, 0.4) is 0 Å². The number of benzene rings is 3. The Balaban J connectivity index is 1.43. The molecule has 3 aromatic carbocycles. The molecule has 0 unspecified atom stereocenters. The second-order valence-electron chi connectivity index (χ2n) is 9.03. The molecule has 37 heavy (non-hydrogen) atoms. The number of piperidine rings is 1. The first-order chi connectivity index (χ1) is 17.9. The van der Waals surface area contributed by atoms with Gasteiger partial charge in [0.1, 0.15) is 22.5 Å². The van der Waals surface area contributed by atoms with E-state index in [1.54, 1.807) is 0 Å². The van der Waals surface area contributed by atoms with Crippen LogP contribution in [0.25, 0.3) is 33.7 Å². The minimum atomic E-state index is -0.696. The Kier molecular flexibility index (Phi) is 5.19. The van der Waals surface area contributed by atoms with Crippen LogP contribution in [0.5, 0.6) is 5.75 Å². The van der Waals surface area contributed by atoms with Crippen LogP contribution in [-0.2, 0) is 20.9 Å². The maximum atomic E-state index is 12.4. The average Bonchev–Trinajstić information content (AvgIpc) is 3.45. The standard InChI is InChI=1S/C28H21N5O4/c1-16-10-18(27(36)24(11-16)33-30-21-7-3-4-8-22(21)31-33)15-32-14-17(19-6-2-5-9-23(19)32)12-20-25(34)13-26(35)29-28(20)37/h2-12,14,36H,13,15H2,1H3,(H,29,35,37)/b20-12+. The third-order valence-electron chi connectivity index (χ3n) is 6.39. The summed E-state index contributed by atoms with van der Waals surface area (Å²) < 4.78 is 1.95. The highest BCUT2D eigenvalue weighted by Gasteiger charge is 2.28. The first-order valence-electron chi connectivity index (χ1n) is 11.7. The zero-order valence-corrected chi connectivity index (χ0v) is 19.8. The van der Waals surface area contributed by atoms with Crippen LogP contribution in [0, 0.1) is 6.92 Å². The molecule has 0 atom stereocenters. The minimum absolute atomic E-state index is 0.0555. The van der Waals surface area contributed by atoms with Crippen LogP contribution in [-0.4, -0.2) is 42.3 Å². The van der Waals surface area contributed by atoms with Crippen molar-refractivity contribution in [2.24, 2.45) is 0 Å². The van der Waals surface area contributed by atoms with Crippen LogP contribution in [0.1, 0.15) is 23.1 Å². The highest BCUT2D eigenvalue weighted by molar-refractivity contribution is 6.32. The van der Waals surface area contributed by atoms with Crippen molar-refractivity contribution in [2.45, 2.75) is 19.9 Å². The van der Waals surface area contributed by atoms with Crippen molar-refractivity contribution in [1.82, 2.24) is 24.9 Å². The number of phenols is 1. The fourth-order valence-corrected chi connectivity index (χ4v) is 4.69. The van der Waals surface area contributed by atoms with Crippen LogP contribution >= 0.6 is 0 Å². The summed E-state index contributed by atoms with van der Waals surface area (Å²) in [6, 6.07) is 18.8. The van der Waals surface area contributed by atoms with E-state index in [-0.39, 0.29) is 17.7 Å². The lowest BCUT2D eigenvalue weighted by atomic mass is 10.0. The number of phenolic OH excluding ortho intramolecular Hbond substituents is 1. The molecular formula is C28H21N5O4. The number of ketones is 1. The minimum Gasteiger partial charge on any atom is -0.505 e. The molecule has 0 aliphatic carbocycles. The van der Waals surface area contributed by atoms with E-state index in [1.165, 1.54) is 10.9 Å². The monoisotopic (exact) mass is 491 g/mol. The van der Waals surface area contributed by atoms with Gasteiger partial charge in [-0.05, 0) is 42.8 Å². The summed E-state index contributed by atoms with van der Waals surface area (Å²) >= 11 is 0. The number of aromatic hydroxyl groups is 1. The third-order valence-corrected chi connectivity index (χ3v) is 6.39. The summed E-state index contributed by atoms with van der Waals surface area (Å²) in [6.07, 6.45) is 2.99. The number of carbonyl (C=O) groups is 3. The number of hydrogen-bond donors (Lipinski definition) is 2. The number of nitrogens with one attached hydrogen (secondary N) is 1. The van der Waals surface area contributed by atoms with E-state index in [0.29, 0.717) is 23.4 Å². The Morgan fingerprint density at radius 1 is 1.00 bits per heavy atom. The Bertz CT molecular complexity index is 1740. The second-order valence-corrected chi connectivity index (χ2v) is 9.03. The molecule has 0 spiro atoms. The average molecular weight is 492 g/mol. The van der Waals surface area contributed by atoms with Gasteiger partial charge in [-0.3, -0.25) is 19.7 Å². The molecule has 0 radical (unpaired) electrons. The highest BCUT2D eigenvalue weighted by Crippen LogP contribution is 2.31. The highest BCUT2D eigenvalue weighted by atomic mass is 16.3. The fourth-order valence-electron chi connectivity index (χ4n) is 4.69. The molecule has 0 saturated carbocycles. The fraction of sp³-hybridized carbons (Fsp3) is 0.107. The first kappa shape index (κ1) is 22.4. The number of aromatic nitrogens is 4. The van der Waals surface area contributed by atoms with Gasteiger partial charge in [-0.1, -0.05) is 36.4 Å². The number of carbonyl (C=O) groups excluding carboxylic acids is 3. The van der Waals surface area contributed by atoms with Crippen molar-refractivity contribution < 1.29 is 19.5 Å². The summed E-state index contributed by atoms with van der Waals surface area (Å²) in [5, 5.41) is 23.3. The molecule has 1 aliphatic rings. The van der Waals surface area contributed by atoms with Crippen molar-refractivity contribution in [3.63, 3.8) is 0 Å². The number of Topliss-reactive ketones (excluding diaryl/α,β-unsaturated/α-hetero) is 1. The quantitative estimate of drug-likeness (QED) is 0.172. The summed E-state index contributed by atoms with van der Waals surface area (Å²) in [4.78, 5) is 37.6. The zero-order valence-electron chi connectivity index (χ0n) is 19.8. The molecule has 182 valence electrons. The van der Waals surface area contributed by atoms with Gasteiger partial charge in [-0.15, -0.1) is 15.0 Å².